The first-order chi connectivity index (χ1) is 9.45. The standard InChI is InChI=1S/C13H19ClN2O3S/c1-2-16(8-10-5-6-19-9-10)20(17,18)11-3-4-12(14)13(15)7-11/h3-4,7,10H,2,5-6,8-9,15H2,1H3. The van der Waals surface area contributed by atoms with Crippen molar-refractivity contribution in [3.8, 4) is 0 Å². The van der Waals surface area contributed by atoms with Gasteiger partial charge in [0.05, 0.1) is 22.2 Å². The molecule has 0 spiro atoms. The van der Waals surface area contributed by atoms with Crippen molar-refractivity contribution >= 4 is 27.3 Å². The summed E-state index contributed by atoms with van der Waals surface area (Å²) >= 11 is 5.83. The largest absolute Gasteiger partial charge is 0.397 e. The van der Waals surface area contributed by atoms with E-state index in [0.29, 0.717) is 31.3 Å². The van der Waals surface area contributed by atoms with Gasteiger partial charge < -0.3 is 10.5 Å². The lowest BCUT2D eigenvalue weighted by molar-refractivity contribution is 0.181. The molecule has 112 valence electrons. The summed E-state index contributed by atoms with van der Waals surface area (Å²) in [5.41, 5.74) is 5.96. The zero-order valence-electron chi connectivity index (χ0n) is 11.4. The number of nitrogens with two attached hydrogens (primary N) is 1. The molecule has 2 N–H and O–H groups in total. The predicted molar refractivity (Wildman–Crippen MR) is 79.2 cm³/mol. The molecule has 1 aliphatic rings. The molecule has 20 heavy (non-hydrogen) atoms. The van der Waals surface area contributed by atoms with Crippen LogP contribution in [0.1, 0.15) is 13.3 Å². The molecule has 2 rings (SSSR count). The number of rotatable bonds is 5. The fourth-order valence-corrected chi connectivity index (χ4v) is 3.92. The fraction of sp³-hybridized carbons (Fsp3) is 0.538. The van der Waals surface area contributed by atoms with Crippen LogP contribution >= 0.6 is 11.6 Å². The summed E-state index contributed by atoms with van der Waals surface area (Å²) in [6, 6.07) is 4.41. The molecule has 1 heterocycles. The first-order valence-corrected chi connectivity index (χ1v) is 8.40. The lowest BCUT2D eigenvalue weighted by Crippen LogP contribution is -2.35. The number of hydrogen-bond acceptors (Lipinski definition) is 4. The van der Waals surface area contributed by atoms with Crippen LogP contribution in [0.15, 0.2) is 23.1 Å². The monoisotopic (exact) mass is 318 g/mol. The van der Waals surface area contributed by atoms with E-state index in [0.717, 1.165) is 6.42 Å². The van der Waals surface area contributed by atoms with E-state index in [1.807, 2.05) is 6.92 Å². The highest BCUT2D eigenvalue weighted by Gasteiger charge is 2.28. The predicted octanol–water partition coefficient (Wildman–Crippen LogP) is 1.97. The Hall–Kier alpha value is -0.820. The Morgan fingerprint density at radius 1 is 1.50 bits per heavy atom. The lowest BCUT2D eigenvalue weighted by Gasteiger charge is -2.23. The summed E-state index contributed by atoms with van der Waals surface area (Å²) in [5.74, 6) is 0.259. The molecule has 0 radical (unpaired) electrons. The average Bonchev–Trinajstić information content (AvgIpc) is 2.91. The van der Waals surface area contributed by atoms with Crippen molar-refractivity contribution in [1.29, 1.82) is 0 Å². The van der Waals surface area contributed by atoms with Crippen molar-refractivity contribution in [3.05, 3.63) is 23.2 Å². The molecule has 1 unspecified atom stereocenters. The minimum Gasteiger partial charge on any atom is -0.397 e. The van der Waals surface area contributed by atoms with E-state index in [2.05, 4.69) is 0 Å². The van der Waals surface area contributed by atoms with Crippen LogP contribution in [0.25, 0.3) is 0 Å². The van der Waals surface area contributed by atoms with E-state index in [1.165, 1.54) is 22.5 Å². The first-order valence-electron chi connectivity index (χ1n) is 6.58. The van der Waals surface area contributed by atoms with E-state index < -0.39 is 10.0 Å². The number of benzene rings is 1. The van der Waals surface area contributed by atoms with Gasteiger partial charge in [-0.25, -0.2) is 8.42 Å². The Morgan fingerprint density at radius 3 is 2.80 bits per heavy atom. The molecule has 1 fully saturated rings. The molecule has 0 saturated carbocycles. The van der Waals surface area contributed by atoms with Gasteiger partial charge >= 0.3 is 0 Å². The van der Waals surface area contributed by atoms with E-state index in [9.17, 15) is 8.42 Å². The van der Waals surface area contributed by atoms with E-state index >= 15 is 0 Å². The van der Waals surface area contributed by atoms with Gasteiger partial charge in [-0.15, -0.1) is 0 Å². The molecule has 1 aromatic rings. The van der Waals surface area contributed by atoms with Crippen molar-refractivity contribution in [2.75, 3.05) is 32.0 Å². The van der Waals surface area contributed by atoms with Crippen molar-refractivity contribution in [2.45, 2.75) is 18.2 Å². The van der Waals surface area contributed by atoms with Gasteiger partial charge in [-0.3, -0.25) is 0 Å². The molecular weight excluding hydrogens is 300 g/mol. The fourth-order valence-electron chi connectivity index (χ4n) is 2.24. The van der Waals surface area contributed by atoms with E-state index in [4.69, 9.17) is 22.1 Å². The van der Waals surface area contributed by atoms with Crippen LogP contribution in [0.3, 0.4) is 0 Å². The van der Waals surface area contributed by atoms with Crippen molar-refractivity contribution in [1.82, 2.24) is 4.31 Å². The molecule has 5 nitrogen and oxygen atoms in total. The van der Waals surface area contributed by atoms with Crippen LogP contribution in [0.5, 0.6) is 0 Å². The highest BCUT2D eigenvalue weighted by Crippen LogP contribution is 2.25. The Bertz CT molecular complexity index is 571. The molecule has 0 aliphatic carbocycles. The van der Waals surface area contributed by atoms with Crippen LogP contribution < -0.4 is 5.73 Å². The Morgan fingerprint density at radius 2 is 2.25 bits per heavy atom. The molecule has 0 aromatic heterocycles. The molecule has 1 aliphatic heterocycles. The molecule has 1 atom stereocenters. The van der Waals surface area contributed by atoms with Crippen LogP contribution in [-0.2, 0) is 14.8 Å². The van der Waals surface area contributed by atoms with Crippen molar-refractivity contribution < 1.29 is 13.2 Å². The third-order valence-corrected chi connectivity index (χ3v) is 5.72. The summed E-state index contributed by atoms with van der Waals surface area (Å²) in [4.78, 5) is 0.181. The van der Waals surface area contributed by atoms with Crippen LogP contribution in [0, 0.1) is 5.92 Å². The van der Waals surface area contributed by atoms with Crippen LogP contribution in [0.4, 0.5) is 5.69 Å². The molecular formula is C13H19ClN2O3S. The molecule has 1 saturated heterocycles. The second kappa shape index (κ2) is 6.30. The average molecular weight is 319 g/mol. The van der Waals surface area contributed by atoms with Gasteiger partial charge in [0.1, 0.15) is 0 Å². The first kappa shape index (κ1) is 15.6. The van der Waals surface area contributed by atoms with Crippen LogP contribution in [-0.4, -0.2) is 39.0 Å². The van der Waals surface area contributed by atoms with Crippen LogP contribution in [0.2, 0.25) is 5.02 Å². The van der Waals surface area contributed by atoms with Crippen molar-refractivity contribution in [2.24, 2.45) is 5.92 Å². The molecule has 0 amide bonds. The summed E-state index contributed by atoms with van der Waals surface area (Å²) in [7, 11) is -3.54. The highest BCUT2D eigenvalue weighted by atomic mass is 35.5. The number of halogens is 1. The summed E-state index contributed by atoms with van der Waals surface area (Å²) in [6.07, 6.45) is 0.898. The third-order valence-electron chi connectivity index (χ3n) is 3.44. The van der Waals surface area contributed by atoms with E-state index in [-0.39, 0.29) is 16.5 Å². The minimum atomic E-state index is -3.54. The van der Waals surface area contributed by atoms with Gasteiger partial charge in [-0.1, -0.05) is 18.5 Å². The maximum Gasteiger partial charge on any atom is 0.243 e. The second-order valence-corrected chi connectivity index (χ2v) is 7.21. The quantitative estimate of drug-likeness (QED) is 0.842. The maximum absolute atomic E-state index is 12.6. The summed E-state index contributed by atoms with van der Waals surface area (Å²) in [6.45, 7) is 4.04. The molecule has 7 heteroatoms. The third kappa shape index (κ3) is 3.25. The SMILES string of the molecule is CCN(CC1CCOC1)S(=O)(=O)c1ccc(Cl)c(N)c1. The van der Waals surface area contributed by atoms with Gasteiger partial charge in [0, 0.05) is 19.7 Å². The Labute approximate surface area is 124 Å². The maximum atomic E-state index is 12.6. The smallest absolute Gasteiger partial charge is 0.243 e. The van der Waals surface area contributed by atoms with Gasteiger partial charge in [0.15, 0.2) is 0 Å². The number of anilines is 1. The number of ether oxygens (including phenoxy) is 1. The zero-order chi connectivity index (χ0) is 14.8. The lowest BCUT2D eigenvalue weighted by atomic mass is 10.1. The Kier molecular flexibility index (Phi) is 4.90. The van der Waals surface area contributed by atoms with Crippen molar-refractivity contribution in [3.63, 3.8) is 0 Å². The van der Waals surface area contributed by atoms with Gasteiger partial charge in [0.25, 0.3) is 0 Å². The minimum absolute atomic E-state index is 0.181. The molecule has 0 bridgehead atoms. The summed E-state index contributed by atoms with van der Waals surface area (Å²) < 4.78 is 32.0. The number of sulfonamides is 1. The second-order valence-electron chi connectivity index (χ2n) is 4.87. The highest BCUT2D eigenvalue weighted by molar-refractivity contribution is 7.89. The zero-order valence-corrected chi connectivity index (χ0v) is 13.0. The topological polar surface area (TPSA) is 72.6 Å². The summed E-state index contributed by atoms with van der Waals surface area (Å²) in [5, 5.41) is 0.358. The normalized spacial score (nSPS) is 19.6. The number of nitrogens with zero attached hydrogens (tertiary/aromatic N) is 1. The number of nitrogen functional groups attached to an aromatic ring is 1. The van der Waals surface area contributed by atoms with Gasteiger partial charge in [-0.2, -0.15) is 4.31 Å². The Balaban J connectivity index is 2.23. The van der Waals surface area contributed by atoms with E-state index in [1.54, 1.807) is 0 Å². The van der Waals surface area contributed by atoms with Gasteiger partial charge in [-0.05, 0) is 30.5 Å². The molecule has 1 aromatic carbocycles. The number of hydrogen-bond donors (Lipinski definition) is 1. The van der Waals surface area contributed by atoms with Gasteiger partial charge in [0.2, 0.25) is 10.0 Å².